The number of aromatic nitrogens is 2. The van der Waals surface area contributed by atoms with Crippen LogP contribution in [0.15, 0.2) is 48.7 Å². The molecule has 12 heteroatoms. The topological polar surface area (TPSA) is 138 Å². The summed E-state index contributed by atoms with van der Waals surface area (Å²) in [6, 6.07) is 11.7. The molecule has 5 heterocycles. The molecule has 6 rings (SSSR count). The van der Waals surface area contributed by atoms with Gasteiger partial charge in [-0.1, -0.05) is 12.0 Å². The zero-order chi connectivity index (χ0) is 29.6. The van der Waals surface area contributed by atoms with Gasteiger partial charge in [0.25, 0.3) is 11.8 Å². The van der Waals surface area contributed by atoms with Crippen LogP contribution in [0.2, 0.25) is 0 Å². The Balaban J connectivity index is 0.000000226. The minimum Gasteiger partial charge on any atom is -0.497 e. The second-order valence-corrected chi connectivity index (χ2v) is 9.74. The highest BCUT2D eigenvalue weighted by atomic mass is 16.5. The van der Waals surface area contributed by atoms with Gasteiger partial charge in [-0.2, -0.15) is 0 Å². The minimum absolute atomic E-state index is 0.0777. The summed E-state index contributed by atoms with van der Waals surface area (Å²) in [6.45, 7) is 4.46. The molecule has 1 unspecified atom stereocenters. The molecule has 12 nitrogen and oxygen atoms in total. The molecule has 4 amide bonds. The zero-order valence-corrected chi connectivity index (χ0v) is 23.6. The number of methoxy groups -OCH3 is 2. The van der Waals surface area contributed by atoms with E-state index in [4.69, 9.17) is 9.47 Å². The second kappa shape index (κ2) is 12.6. The number of piperazine rings is 1. The van der Waals surface area contributed by atoms with Crippen LogP contribution in [-0.2, 0) is 11.3 Å². The lowest BCUT2D eigenvalue weighted by Gasteiger charge is -2.28. The number of imide groups is 1. The first kappa shape index (κ1) is 28.4. The second-order valence-electron chi connectivity index (χ2n) is 9.74. The van der Waals surface area contributed by atoms with E-state index < -0.39 is 18.0 Å². The lowest BCUT2D eigenvalue weighted by molar-refractivity contribution is -0.119. The van der Waals surface area contributed by atoms with Crippen molar-refractivity contribution in [1.82, 2.24) is 30.8 Å². The number of carbonyl (C=O) groups is 3. The first-order valence-corrected chi connectivity index (χ1v) is 13.4. The highest BCUT2D eigenvalue weighted by Gasteiger charge is 2.27. The monoisotopic (exact) mass is 569 g/mol. The number of ether oxygens (including phenoxy) is 2. The predicted molar refractivity (Wildman–Crippen MR) is 155 cm³/mol. The molecule has 2 fully saturated rings. The Morgan fingerprint density at radius 1 is 1.00 bits per heavy atom. The van der Waals surface area contributed by atoms with Gasteiger partial charge in [0.1, 0.15) is 11.6 Å². The third kappa shape index (κ3) is 6.26. The van der Waals surface area contributed by atoms with E-state index in [9.17, 15) is 14.4 Å². The fourth-order valence-electron chi connectivity index (χ4n) is 4.69. The number of amides is 4. The molecular weight excluding hydrogens is 538 g/mol. The number of nitrogens with zero attached hydrogens (tertiary/aromatic N) is 4. The number of hydrogen-bond donors (Lipinski definition) is 3. The van der Waals surface area contributed by atoms with Gasteiger partial charge in [-0.05, 0) is 47.9 Å². The van der Waals surface area contributed by atoms with Crippen molar-refractivity contribution in [2.75, 3.05) is 52.3 Å². The Kier molecular flexibility index (Phi) is 8.50. The lowest BCUT2D eigenvalue weighted by atomic mass is 10.1. The van der Waals surface area contributed by atoms with Crippen molar-refractivity contribution in [2.45, 2.75) is 12.6 Å². The van der Waals surface area contributed by atoms with Crippen LogP contribution in [0.25, 0.3) is 11.3 Å². The highest BCUT2D eigenvalue weighted by Crippen LogP contribution is 2.26. The maximum atomic E-state index is 11.6. The fourth-order valence-corrected chi connectivity index (χ4v) is 4.69. The molecule has 42 heavy (non-hydrogen) atoms. The van der Waals surface area contributed by atoms with E-state index in [1.165, 1.54) is 7.11 Å². The van der Waals surface area contributed by atoms with Crippen molar-refractivity contribution in [3.8, 4) is 34.6 Å². The summed E-state index contributed by atoms with van der Waals surface area (Å²) in [5.41, 5.74) is 3.76. The number of nitrogens with one attached hydrogen (secondary N) is 3. The van der Waals surface area contributed by atoms with Crippen LogP contribution in [0.5, 0.6) is 11.5 Å². The van der Waals surface area contributed by atoms with Crippen LogP contribution in [0, 0.1) is 11.8 Å². The number of carbonyl (C=O) groups excluding carboxylic acids is 3. The van der Waals surface area contributed by atoms with E-state index in [0.29, 0.717) is 23.7 Å². The quantitative estimate of drug-likeness (QED) is 0.314. The van der Waals surface area contributed by atoms with Crippen molar-refractivity contribution >= 4 is 23.7 Å². The fraction of sp³-hybridized carbons (Fsp3) is 0.300. The summed E-state index contributed by atoms with van der Waals surface area (Å²) in [6.07, 6.45) is 1.79. The molecular formula is C30H31N7O5. The molecule has 3 aliphatic heterocycles. The normalized spacial score (nSPS) is 17.3. The molecule has 2 aromatic heterocycles. The van der Waals surface area contributed by atoms with E-state index in [0.717, 1.165) is 54.4 Å². The maximum absolute atomic E-state index is 11.6. The number of benzene rings is 1. The van der Waals surface area contributed by atoms with Gasteiger partial charge in [-0.3, -0.25) is 14.9 Å². The van der Waals surface area contributed by atoms with E-state index >= 15 is 0 Å². The molecule has 1 atom stereocenters. The van der Waals surface area contributed by atoms with Gasteiger partial charge in [0, 0.05) is 57.1 Å². The SMILES string of the molecule is COc1ccc(-c2ccc(N3CCNCC3)nc2)nc1C#CC1NC(=O)NC1=O.COc1ccc2c(c1)C(=O)N(C)C2. The summed E-state index contributed by atoms with van der Waals surface area (Å²) in [5, 5.41) is 7.90. The number of anilines is 1. The van der Waals surface area contributed by atoms with E-state index in [2.05, 4.69) is 42.7 Å². The first-order chi connectivity index (χ1) is 20.4. The van der Waals surface area contributed by atoms with Crippen molar-refractivity contribution in [3.05, 3.63) is 65.5 Å². The molecule has 2 saturated heterocycles. The van der Waals surface area contributed by atoms with Gasteiger partial charge in [-0.15, -0.1) is 0 Å². The summed E-state index contributed by atoms with van der Waals surface area (Å²) >= 11 is 0. The average molecular weight is 570 g/mol. The number of rotatable bonds is 4. The van der Waals surface area contributed by atoms with Crippen LogP contribution >= 0.6 is 0 Å². The van der Waals surface area contributed by atoms with Crippen molar-refractivity contribution in [3.63, 3.8) is 0 Å². The van der Waals surface area contributed by atoms with Gasteiger partial charge >= 0.3 is 6.03 Å². The summed E-state index contributed by atoms with van der Waals surface area (Å²) < 4.78 is 10.4. The van der Waals surface area contributed by atoms with Crippen LogP contribution < -0.4 is 30.3 Å². The molecule has 3 aliphatic rings. The lowest BCUT2D eigenvalue weighted by Crippen LogP contribution is -2.43. The highest BCUT2D eigenvalue weighted by molar-refractivity contribution is 6.05. The Morgan fingerprint density at radius 3 is 2.48 bits per heavy atom. The molecule has 0 aliphatic carbocycles. The zero-order valence-electron chi connectivity index (χ0n) is 23.6. The van der Waals surface area contributed by atoms with Crippen molar-refractivity contribution in [2.24, 2.45) is 0 Å². The largest absolute Gasteiger partial charge is 0.497 e. The van der Waals surface area contributed by atoms with Gasteiger partial charge in [-0.25, -0.2) is 14.8 Å². The first-order valence-electron chi connectivity index (χ1n) is 13.4. The Bertz CT molecular complexity index is 1560. The van der Waals surface area contributed by atoms with Gasteiger partial charge < -0.3 is 29.9 Å². The van der Waals surface area contributed by atoms with Crippen LogP contribution in [0.4, 0.5) is 10.6 Å². The minimum atomic E-state index is -0.905. The van der Waals surface area contributed by atoms with Gasteiger partial charge in [0.05, 0.1) is 19.9 Å². The third-order valence-electron chi connectivity index (χ3n) is 6.97. The average Bonchev–Trinajstić information content (AvgIpc) is 3.51. The predicted octanol–water partition coefficient (Wildman–Crippen LogP) is 1.40. The van der Waals surface area contributed by atoms with Gasteiger partial charge in [0.15, 0.2) is 17.5 Å². The Labute approximate surface area is 243 Å². The number of fused-ring (bicyclic) bond motifs is 1. The standard InChI is InChI=1S/C20H20N6O3.C10H11NO2/c1-29-17-6-5-14(23-15(17)3-4-16-19(27)25-20(28)24-16)13-2-7-18(22-12-13)26-10-8-21-9-11-26;1-11-6-7-3-4-8(13-2)5-9(7)10(11)12/h2,5-7,12,16,21H,8-11H2,1H3,(H2,24,25,27,28);3-5H,6H2,1-2H3. The third-order valence-corrected chi connectivity index (χ3v) is 6.97. The molecule has 216 valence electrons. The van der Waals surface area contributed by atoms with E-state index in [-0.39, 0.29) is 5.91 Å². The molecule has 0 saturated carbocycles. The molecule has 0 spiro atoms. The molecule has 3 aromatic rings. The molecule has 1 aromatic carbocycles. The summed E-state index contributed by atoms with van der Waals surface area (Å²) in [5.74, 6) is 7.31. The smallest absolute Gasteiger partial charge is 0.322 e. The van der Waals surface area contributed by atoms with Crippen molar-refractivity contribution in [1.29, 1.82) is 0 Å². The van der Waals surface area contributed by atoms with E-state index in [1.807, 2.05) is 30.3 Å². The van der Waals surface area contributed by atoms with Crippen LogP contribution in [0.3, 0.4) is 0 Å². The molecule has 3 N–H and O–H groups in total. The summed E-state index contributed by atoms with van der Waals surface area (Å²) in [7, 11) is 4.93. The van der Waals surface area contributed by atoms with Crippen LogP contribution in [-0.4, -0.2) is 86.2 Å². The van der Waals surface area contributed by atoms with Crippen LogP contribution in [0.1, 0.15) is 21.6 Å². The van der Waals surface area contributed by atoms with Gasteiger partial charge in [0.2, 0.25) is 0 Å². The number of hydrogen-bond acceptors (Lipinski definition) is 9. The van der Waals surface area contributed by atoms with Crippen molar-refractivity contribution < 1.29 is 23.9 Å². The number of urea groups is 1. The molecule has 0 bridgehead atoms. The molecule has 0 radical (unpaired) electrons. The Morgan fingerprint density at radius 2 is 1.81 bits per heavy atom. The summed E-state index contributed by atoms with van der Waals surface area (Å²) in [4.78, 5) is 47.5. The maximum Gasteiger partial charge on any atom is 0.322 e. The Hall–Kier alpha value is -5.15. The number of pyridine rings is 2. The van der Waals surface area contributed by atoms with E-state index in [1.54, 1.807) is 37.4 Å².